The largest absolute Gasteiger partial charge is 0.456 e. The van der Waals surface area contributed by atoms with Gasteiger partial charge in [0.05, 0.1) is 27.8 Å². The zero-order valence-electron chi connectivity index (χ0n) is 37.2. The Balaban J connectivity index is 0.945. The van der Waals surface area contributed by atoms with Crippen molar-refractivity contribution in [3.05, 3.63) is 237 Å². The van der Waals surface area contributed by atoms with Crippen molar-refractivity contribution in [2.75, 3.05) is 0 Å². The van der Waals surface area contributed by atoms with Gasteiger partial charge in [-0.1, -0.05) is 176 Å². The third-order valence-corrected chi connectivity index (χ3v) is 13.6. The van der Waals surface area contributed by atoms with Crippen molar-refractivity contribution in [2.45, 2.75) is 0 Å². The molecule has 14 rings (SSSR count). The van der Waals surface area contributed by atoms with Gasteiger partial charge in [-0.05, 0) is 77.4 Å². The Kier molecular flexibility index (Phi) is 8.79. The molecule has 6 nitrogen and oxygen atoms in total. The normalized spacial score (nSPS) is 11.8. The van der Waals surface area contributed by atoms with Crippen LogP contribution in [0.15, 0.2) is 241 Å². The minimum absolute atomic E-state index is 0.596. The minimum Gasteiger partial charge on any atom is -0.456 e. The van der Waals surface area contributed by atoms with Crippen LogP contribution in [0.2, 0.25) is 0 Å². The third-order valence-electron chi connectivity index (χ3n) is 13.6. The molecule has 0 atom stereocenters. The molecule has 4 aromatic heterocycles. The van der Waals surface area contributed by atoms with E-state index in [1.54, 1.807) is 0 Å². The Morgan fingerprint density at radius 2 is 0.812 bits per heavy atom. The highest BCUT2D eigenvalue weighted by molar-refractivity contribution is 6.16. The summed E-state index contributed by atoms with van der Waals surface area (Å²) in [5.41, 5.74) is 15.6. The molecule has 0 saturated carbocycles. The maximum Gasteiger partial charge on any atom is 0.164 e. The number of benzene rings is 10. The van der Waals surface area contributed by atoms with Gasteiger partial charge >= 0.3 is 0 Å². The van der Waals surface area contributed by atoms with E-state index in [9.17, 15) is 0 Å². The molecule has 0 spiro atoms. The van der Waals surface area contributed by atoms with Gasteiger partial charge in [0, 0.05) is 60.3 Å². The minimum atomic E-state index is 0.596. The van der Waals surface area contributed by atoms with E-state index in [0.717, 1.165) is 94.3 Å². The zero-order chi connectivity index (χ0) is 45.4. The Morgan fingerprint density at radius 3 is 1.54 bits per heavy atom. The van der Waals surface area contributed by atoms with Crippen molar-refractivity contribution in [1.82, 2.24) is 24.1 Å². The second kappa shape index (κ2) is 15.6. The molecular formula is C63H39N5O. The molecule has 0 aliphatic rings. The first-order valence-corrected chi connectivity index (χ1v) is 23.3. The number of hydrogen-bond acceptors (Lipinski definition) is 4. The maximum atomic E-state index is 6.23. The number of nitrogens with zero attached hydrogens (tertiary/aromatic N) is 5. The molecule has 0 amide bonds. The number of rotatable bonds is 7. The monoisotopic (exact) mass is 881 g/mol. The van der Waals surface area contributed by atoms with Crippen LogP contribution in [-0.4, -0.2) is 24.1 Å². The highest BCUT2D eigenvalue weighted by atomic mass is 16.3. The van der Waals surface area contributed by atoms with E-state index in [-0.39, 0.29) is 0 Å². The first-order chi connectivity index (χ1) is 34.2. The molecule has 69 heavy (non-hydrogen) atoms. The smallest absolute Gasteiger partial charge is 0.164 e. The maximum absolute atomic E-state index is 6.23. The standard InChI is InChI=1S/C63H39N5O/c1-3-17-40(18-4-1)46-35-33-44(38-57(46)68-53-28-11-7-23-48(53)49-24-8-12-29-54(49)68)63-65-61(41-19-5-2-6-20-41)64-62(66-63)43-22-15-21-42(37-43)47-27-16-31-56-60(47)51-26-9-13-30-55(51)67(56)45-34-36-59-52(39-45)50-25-10-14-32-58(50)69-59/h1-39H. The molecular weight excluding hydrogens is 843 g/mol. The summed E-state index contributed by atoms with van der Waals surface area (Å²) in [5.74, 6) is 1.80. The predicted octanol–water partition coefficient (Wildman–Crippen LogP) is 16.3. The van der Waals surface area contributed by atoms with E-state index >= 15 is 0 Å². The van der Waals surface area contributed by atoms with E-state index < -0.39 is 0 Å². The SMILES string of the molecule is c1ccc(-c2nc(-c3cccc(-c4cccc5c4c4ccccc4n5-c4ccc5oc6ccccc6c5c4)c3)nc(-c3ccc(-c4ccccc4)c(-n4c5ccccc5c5ccccc54)c3)n2)cc1. The summed E-state index contributed by atoms with van der Waals surface area (Å²) in [6.07, 6.45) is 0. The van der Waals surface area contributed by atoms with Crippen LogP contribution < -0.4 is 0 Å². The number of furan rings is 1. The van der Waals surface area contributed by atoms with Gasteiger partial charge in [-0.3, -0.25) is 0 Å². The first-order valence-electron chi connectivity index (χ1n) is 23.3. The molecule has 4 heterocycles. The topological polar surface area (TPSA) is 61.7 Å². The van der Waals surface area contributed by atoms with E-state index in [1.165, 1.54) is 21.5 Å². The van der Waals surface area contributed by atoms with Crippen molar-refractivity contribution in [1.29, 1.82) is 0 Å². The van der Waals surface area contributed by atoms with Crippen LogP contribution in [0.1, 0.15) is 0 Å². The Morgan fingerprint density at radius 1 is 0.290 bits per heavy atom. The van der Waals surface area contributed by atoms with Crippen molar-refractivity contribution < 1.29 is 4.42 Å². The summed E-state index contributed by atoms with van der Waals surface area (Å²) >= 11 is 0. The summed E-state index contributed by atoms with van der Waals surface area (Å²) in [5, 5.41) is 6.97. The van der Waals surface area contributed by atoms with Gasteiger partial charge in [0.15, 0.2) is 17.5 Å². The van der Waals surface area contributed by atoms with Crippen molar-refractivity contribution >= 4 is 65.6 Å². The van der Waals surface area contributed by atoms with Gasteiger partial charge in [0.25, 0.3) is 0 Å². The van der Waals surface area contributed by atoms with Gasteiger partial charge in [-0.2, -0.15) is 0 Å². The van der Waals surface area contributed by atoms with Crippen LogP contribution in [0.4, 0.5) is 0 Å². The number of aromatic nitrogens is 5. The van der Waals surface area contributed by atoms with Gasteiger partial charge in [0.2, 0.25) is 0 Å². The number of hydrogen-bond donors (Lipinski definition) is 0. The molecule has 0 fully saturated rings. The first kappa shape index (κ1) is 38.8. The molecule has 0 radical (unpaired) electrons. The second-order valence-corrected chi connectivity index (χ2v) is 17.6. The molecule has 322 valence electrons. The third kappa shape index (κ3) is 6.30. The van der Waals surface area contributed by atoms with Crippen LogP contribution >= 0.6 is 0 Å². The lowest BCUT2D eigenvalue weighted by Gasteiger charge is -2.16. The van der Waals surface area contributed by atoms with Gasteiger partial charge in [0.1, 0.15) is 11.2 Å². The molecule has 0 N–H and O–H groups in total. The summed E-state index contributed by atoms with van der Waals surface area (Å²) in [7, 11) is 0. The molecule has 10 aromatic carbocycles. The fourth-order valence-electron chi connectivity index (χ4n) is 10.5. The number of para-hydroxylation sites is 4. The van der Waals surface area contributed by atoms with Crippen molar-refractivity contribution in [3.8, 4) is 67.8 Å². The lowest BCUT2D eigenvalue weighted by Crippen LogP contribution is -2.02. The van der Waals surface area contributed by atoms with Gasteiger partial charge in [-0.15, -0.1) is 0 Å². The predicted molar refractivity (Wildman–Crippen MR) is 283 cm³/mol. The highest BCUT2D eigenvalue weighted by Crippen LogP contribution is 2.42. The summed E-state index contributed by atoms with van der Waals surface area (Å²) in [4.78, 5) is 15.8. The lowest BCUT2D eigenvalue weighted by atomic mass is 9.97. The van der Waals surface area contributed by atoms with Crippen LogP contribution in [-0.2, 0) is 0 Å². The van der Waals surface area contributed by atoms with E-state index in [0.29, 0.717) is 17.5 Å². The van der Waals surface area contributed by atoms with Crippen LogP contribution in [0.3, 0.4) is 0 Å². The van der Waals surface area contributed by atoms with Gasteiger partial charge < -0.3 is 13.6 Å². The summed E-state index contributed by atoms with van der Waals surface area (Å²) in [6.45, 7) is 0. The Labute approximate surface area is 396 Å². The van der Waals surface area contributed by atoms with E-state index in [1.807, 2.05) is 30.3 Å². The average Bonchev–Trinajstić information content (AvgIpc) is 4.09. The molecule has 0 saturated heterocycles. The van der Waals surface area contributed by atoms with E-state index in [2.05, 4.69) is 215 Å². The summed E-state index contributed by atoms with van der Waals surface area (Å²) in [6, 6.07) is 83.4. The van der Waals surface area contributed by atoms with Gasteiger partial charge in [-0.25, -0.2) is 15.0 Å². The molecule has 0 aliphatic heterocycles. The quantitative estimate of drug-likeness (QED) is 0.160. The molecule has 14 aromatic rings. The zero-order valence-corrected chi connectivity index (χ0v) is 37.2. The Hall–Kier alpha value is -9.39. The molecule has 6 heteroatoms. The fourth-order valence-corrected chi connectivity index (χ4v) is 10.5. The summed E-state index contributed by atoms with van der Waals surface area (Å²) < 4.78 is 11.0. The lowest BCUT2D eigenvalue weighted by molar-refractivity contribution is 0.669. The Bertz CT molecular complexity index is 4260. The van der Waals surface area contributed by atoms with Crippen LogP contribution in [0.25, 0.3) is 133 Å². The molecule has 0 bridgehead atoms. The van der Waals surface area contributed by atoms with E-state index in [4.69, 9.17) is 19.4 Å². The van der Waals surface area contributed by atoms with Crippen molar-refractivity contribution in [2.24, 2.45) is 0 Å². The average molecular weight is 882 g/mol. The van der Waals surface area contributed by atoms with Crippen LogP contribution in [0, 0.1) is 0 Å². The molecule has 0 aliphatic carbocycles. The highest BCUT2D eigenvalue weighted by Gasteiger charge is 2.21. The molecule has 0 unspecified atom stereocenters. The van der Waals surface area contributed by atoms with Crippen molar-refractivity contribution in [3.63, 3.8) is 0 Å². The second-order valence-electron chi connectivity index (χ2n) is 17.6. The van der Waals surface area contributed by atoms with Crippen LogP contribution in [0.5, 0.6) is 0 Å². The number of fused-ring (bicyclic) bond motifs is 9. The fraction of sp³-hybridized carbons (Fsp3) is 0.